The fourth-order valence-electron chi connectivity index (χ4n) is 1.69. The van der Waals surface area contributed by atoms with Crippen LogP contribution in [0.4, 0.5) is 0 Å². The molecule has 16 heavy (non-hydrogen) atoms. The van der Waals surface area contributed by atoms with Gasteiger partial charge in [0.25, 0.3) is 0 Å². The van der Waals surface area contributed by atoms with Crippen LogP contribution in [0.1, 0.15) is 33.3 Å². The second-order valence-corrected chi connectivity index (χ2v) is 3.65. The fraction of sp³-hybridized carbons (Fsp3) is 0.250. The molecule has 0 aliphatic heterocycles. The Balaban J connectivity index is 2.51. The van der Waals surface area contributed by atoms with Gasteiger partial charge >= 0.3 is 0 Å². The molecule has 0 saturated carbocycles. The van der Waals surface area contributed by atoms with Crippen LogP contribution in [-0.2, 0) is 0 Å². The third-order valence-corrected chi connectivity index (χ3v) is 2.44. The van der Waals surface area contributed by atoms with Crippen molar-refractivity contribution in [3.8, 4) is 0 Å². The average Bonchev–Trinajstić information content (AvgIpc) is 2.26. The summed E-state index contributed by atoms with van der Waals surface area (Å²) in [5.74, 6) is -0.306. The van der Waals surface area contributed by atoms with Crippen LogP contribution in [0.15, 0.2) is 24.0 Å². The third-order valence-electron chi connectivity index (χ3n) is 2.44. The molecule has 4 heteroatoms. The molecule has 0 fully saturated rings. The Kier molecular flexibility index (Phi) is 2.56. The van der Waals surface area contributed by atoms with Gasteiger partial charge in [-0.25, -0.2) is 0 Å². The second kappa shape index (κ2) is 3.89. The molecule has 1 aromatic rings. The molecule has 0 saturated heterocycles. The number of pyridine rings is 1. The molecule has 1 N–H and O–H groups in total. The highest BCUT2D eigenvalue weighted by Crippen LogP contribution is 2.19. The molecule has 0 spiro atoms. The van der Waals surface area contributed by atoms with E-state index in [9.17, 15) is 9.59 Å². The number of rotatable bonds is 2. The second-order valence-electron chi connectivity index (χ2n) is 3.65. The van der Waals surface area contributed by atoms with E-state index in [2.05, 4.69) is 10.3 Å². The van der Waals surface area contributed by atoms with E-state index in [1.807, 2.05) is 6.92 Å². The first-order valence-electron chi connectivity index (χ1n) is 5.14. The lowest BCUT2D eigenvalue weighted by Gasteiger charge is -2.15. The maximum atomic E-state index is 11.9. The van der Waals surface area contributed by atoms with Gasteiger partial charge < -0.3 is 5.32 Å². The highest BCUT2D eigenvalue weighted by Gasteiger charge is 2.25. The summed E-state index contributed by atoms with van der Waals surface area (Å²) in [5, 5.41) is 2.88. The lowest BCUT2D eigenvalue weighted by Crippen LogP contribution is -2.26. The number of fused-ring (bicyclic) bond motifs is 1. The Morgan fingerprint density at radius 3 is 2.75 bits per heavy atom. The summed E-state index contributed by atoms with van der Waals surface area (Å²) in [4.78, 5) is 27.8. The summed E-state index contributed by atoms with van der Waals surface area (Å²) in [6.07, 6.45) is 2.82. The zero-order valence-electron chi connectivity index (χ0n) is 9.20. The topological polar surface area (TPSA) is 59.1 Å². The average molecular weight is 216 g/mol. The molecular formula is C12H12N2O2. The van der Waals surface area contributed by atoms with E-state index in [1.54, 1.807) is 13.0 Å². The smallest absolute Gasteiger partial charge is 0.211 e. The number of hydrogen-bond acceptors (Lipinski definition) is 4. The summed E-state index contributed by atoms with van der Waals surface area (Å²) < 4.78 is 0. The number of carbonyl (C=O) groups excluding carboxylic acids is 2. The molecular weight excluding hydrogens is 204 g/mol. The van der Waals surface area contributed by atoms with Crippen LogP contribution in [0.5, 0.6) is 0 Å². The molecule has 1 heterocycles. The Morgan fingerprint density at radius 1 is 1.31 bits per heavy atom. The van der Waals surface area contributed by atoms with E-state index in [4.69, 9.17) is 0 Å². The molecule has 0 amide bonds. The zero-order valence-corrected chi connectivity index (χ0v) is 9.20. The number of likely N-dealkylation sites (N-methyl/N-ethyl adjacent to an activating group) is 1. The van der Waals surface area contributed by atoms with Crippen LogP contribution < -0.4 is 5.32 Å². The molecule has 0 unspecified atom stereocenters. The van der Waals surface area contributed by atoms with Gasteiger partial charge in [0.05, 0.1) is 11.3 Å². The van der Waals surface area contributed by atoms with E-state index in [0.29, 0.717) is 23.4 Å². The molecule has 0 aromatic carbocycles. The highest BCUT2D eigenvalue weighted by atomic mass is 16.1. The monoisotopic (exact) mass is 216 g/mol. The zero-order chi connectivity index (χ0) is 11.7. The van der Waals surface area contributed by atoms with Gasteiger partial charge in [0.2, 0.25) is 5.78 Å². The quantitative estimate of drug-likeness (QED) is 0.808. The Hall–Kier alpha value is -1.97. The van der Waals surface area contributed by atoms with Crippen molar-refractivity contribution in [2.24, 2.45) is 0 Å². The van der Waals surface area contributed by atoms with Crippen molar-refractivity contribution in [2.45, 2.75) is 13.8 Å². The first kappa shape index (κ1) is 10.5. The minimum atomic E-state index is -0.163. The van der Waals surface area contributed by atoms with Crippen molar-refractivity contribution in [2.75, 3.05) is 6.54 Å². The van der Waals surface area contributed by atoms with Gasteiger partial charge in [-0.1, -0.05) is 0 Å². The Bertz CT molecular complexity index is 504. The number of nitrogens with one attached hydrogen (secondary N) is 1. The number of Topliss-reactive ketones (excluding diaryl/α,β-unsaturated/α-hetero) is 1. The molecule has 1 aliphatic carbocycles. The summed E-state index contributed by atoms with van der Waals surface area (Å²) in [6, 6.07) is 1.65. The maximum Gasteiger partial charge on any atom is 0.211 e. The first-order valence-corrected chi connectivity index (χ1v) is 5.14. The number of carbonyl (C=O) groups is 2. The van der Waals surface area contributed by atoms with Crippen molar-refractivity contribution in [1.29, 1.82) is 0 Å². The molecule has 82 valence electrons. The van der Waals surface area contributed by atoms with Crippen LogP contribution in [0.2, 0.25) is 0 Å². The normalized spacial score (nSPS) is 14.5. The lowest BCUT2D eigenvalue weighted by atomic mass is 9.94. The van der Waals surface area contributed by atoms with Gasteiger partial charge in [0, 0.05) is 30.1 Å². The minimum Gasteiger partial charge on any atom is -0.382 e. The van der Waals surface area contributed by atoms with Crippen LogP contribution in [0.3, 0.4) is 0 Å². The molecule has 1 aromatic heterocycles. The number of aromatic nitrogens is 1. The number of ketones is 2. The summed E-state index contributed by atoms with van der Waals surface area (Å²) in [5.41, 5.74) is 1.92. The summed E-state index contributed by atoms with van der Waals surface area (Å²) in [7, 11) is 0. The number of allylic oxidation sites excluding steroid dienone is 2. The van der Waals surface area contributed by atoms with E-state index in [0.717, 1.165) is 5.69 Å². The van der Waals surface area contributed by atoms with Crippen LogP contribution in [0.25, 0.3) is 0 Å². The Labute approximate surface area is 93.4 Å². The Morgan fingerprint density at radius 2 is 2.06 bits per heavy atom. The molecule has 0 atom stereocenters. The highest BCUT2D eigenvalue weighted by molar-refractivity contribution is 6.24. The van der Waals surface area contributed by atoms with Gasteiger partial charge in [-0.15, -0.1) is 0 Å². The van der Waals surface area contributed by atoms with E-state index in [1.165, 1.54) is 12.3 Å². The molecule has 4 nitrogen and oxygen atoms in total. The van der Waals surface area contributed by atoms with Crippen LogP contribution in [0, 0.1) is 6.92 Å². The fourth-order valence-corrected chi connectivity index (χ4v) is 1.69. The van der Waals surface area contributed by atoms with Crippen molar-refractivity contribution in [1.82, 2.24) is 10.3 Å². The van der Waals surface area contributed by atoms with Gasteiger partial charge in [-0.3, -0.25) is 14.6 Å². The van der Waals surface area contributed by atoms with Crippen molar-refractivity contribution < 1.29 is 9.59 Å². The van der Waals surface area contributed by atoms with Gasteiger partial charge in [0.1, 0.15) is 0 Å². The van der Waals surface area contributed by atoms with Crippen LogP contribution >= 0.6 is 0 Å². The maximum absolute atomic E-state index is 11.9. The predicted octanol–water partition coefficient (Wildman–Crippen LogP) is 1.26. The SMILES string of the molecule is CCNC1=CC(=O)c2cc(C)ncc2C1=O. The molecule has 1 aliphatic rings. The predicted molar refractivity (Wildman–Crippen MR) is 59.4 cm³/mol. The van der Waals surface area contributed by atoms with Gasteiger partial charge in [-0.2, -0.15) is 0 Å². The third kappa shape index (κ3) is 1.62. The lowest BCUT2D eigenvalue weighted by molar-refractivity contribution is 0.0978. The van der Waals surface area contributed by atoms with Crippen LogP contribution in [-0.4, -0.2) is 23.1 Å². The van der Waals surface area contributed by atoms with E-state index >= 15 is 0 Å². The standard InChI is InChI=1S/C12H12N2O2/c1-3-13-10-5-11(15)8-4-7(2)14-6-9(8)12(10)16/h4-6,13H,3H2,1-2H3. The summed E-state index contributed by atoms with van der Waals surface area (Å²) in [6.45, 7) is 4.28. The van der Waals surface area contributed by atoms with Gasteiger partial charge in [-0.05, 0) is 19.9 Å². The van der Waals surface area contributed by atoms with Crippen molar-refractivity contribution in [3.05, 3.63) is 40.9 Å². The number of nitrogens with zero attached hydrogens (tertiary/aromatic N) is 1. The largest absolute Gasteiger partial charge is 0.382 e. The van der Waals surface area contributed by atoms with E-state index in [-0.39, 0.29) is 11.6 Å². The molecule has 0 bridgehead atoms. The molecule has 2 rings (SSSR count). The van der Waals surface area contributed by atoms with Crippen molar-refractivity contribution in [3.63, 3.8) is 0 Å². The first-order chi connectivity index (χ1) is 7.63. The van der Waals surface area contributed by atoms with E-state index < -0.39 is 0 Å². The summed E-state index contributed by atoms with van der Waals surface area (Å²) >= 11 is 0. The van der Waals surface area contributed by atoms with Gasteiger partial charge in [0.15, 0.2) is 5.78 Å². The number of hydrogen-bond donors (Lipinski definition) is 1. The number of aryl methyl sites for hydroxylation is 1. The van der Waals surface area contributed by atoms with Crippen molar-refractivity contribution >= 4 is 11.6 Å². The molecule has 0 radical (unpaired) electrons. The minimum absolute atomic E-state index is 0.143.